The Morgan fingerprint density at radius 2 is 1.53 bits per heavy atom. The highest BCUT2D eigenvalue weighted by molar-refractivity contribution is 7.99. The summed E-state index contributed by atoms with van der Waals surface area (Å²) in [5, 5.41) is 5.35. The molecule has 0 N–H and O–H groups in total. The number of benzene rings is 3. The minimum absolute atomic E-state index is 1.12. The van der Waals surface area contributed by atoms with Gasteiger partial charge in [0.15, 0.2) is 0 Å². The quantitative estimate of drug-likeness (QED) is 0.442. The molecule has 84 valence electrons. The summed E-state index contributed by atoms with van der Waals surface area (Å²) < 4.78 is 0. The van der Waals surface area contributed by atoms with E-state index >= 15 is 0 Å². The Labute approximate surface area is 106 Å². The number of rotatable bonds is 2. The van der Waals surface area contributed by atoms with Gasteiger partial charge in [0.1, 0.15) is 0 Å². The van der Waals surface area contributed by atoms with Crippen molar-refractivity contribution in [2.75, 3.05) is 5.75 Å². The fourth-order valence-corrected chi connectivity index (χ4v) is 3.04. The molecule has 0 aliphatic carbocycles. The molecule has 0 saturated heterocycles. The maximum Gasteiger partial charge on any atom is 0.0151 e. The van der Waals surface area contributed by atoms with Crippen LogP contribution in [0.3, 0.4) is 0 Å². The van der Waals surface area contributed by atoms with Crippen molar-refractivity contribution in [3.63, 3.8) is 0 Å². The molecule has 0 amide bonds. The van der Waals surface area contributed by atoms with Crippen LogP contribution in [0.15, 0.2) is 59.5 Å². The largest absolute Gasteiger partial charge is 0.126 e. The molecule has 17 heavy (non-hydrogen) atoms. The predicted octanol–water partition coefficient (Wildman–Crippen LogP) is 5.11. The lowest BCUT2D eigenvalue weighted by Crippen LogP contribution is -1.80. The summed E-state index contributed by atoms with van der Waals surface area (Å²) in [6.07, 6.45) is 0. The van der Waals surface area contributed by atoms with Crippen LogP contribution in [0.5, 0.6) is 0 Å². The second-order valence-corrected chi connectivity index (χ2v) is 5.42. The monoisotopic (exact) mass is 238 g/mol. The van der Waals surface area contributed by atoms with Crippen LogP contribution < -0.4 is 0 Å². The standard InChI is InChI=1S/C16H14S/c1-2-17-16-9-5-8-14-10-12-6-3-4-7-13(12)11-15(14)16/h3-11H,2H2,1H3. The Kier molecular flexibility index (Phi) is 2.77. The lowest BCUT2D eigenvalue weighted by molar-refractivity contribution is 1.48. The van der Waals surface area contributed by atoms with Gasteiger partial charge in [0.2, 0.25) is 0 Å². The second kappa shape index (κ2) is 4.42. The van der Waals surface area contributed by atoms with Crippen molar-refractivity contribution in [3.8, 4) is 0 Å². The van der Waals surface area contributed by atoms with Crippen molar-refractivity contribution in [2.45, 2.75) is 11.8 Å². The fourth-order valence-electron chi connectivity index (χ4n) is 2.22. The maximum absolute atomic E-state index is 2.31. The first-order valence-corrected chi connectivity index (χ1v) is 6.91. The number of fused-ring (bicyclic) bond motifs is 2. The average molecular weight is 238 g/mol. The molecular weight excluding hydrogens is 224 g/mol. The molecule has 3 aromatic carbocycles. The number of hydrogen-bond acceptors (Lipinski definition) is 1. The first-order valence-electron chi connectivity index (χ1n) is 5.93. The summed E-state index contributed by atoms with van der Waals surface area (Å²) in [7, 11) is 0. The maximum atomic E-state index is 2.31. The van der Waals surface area contributed by atoms with Crippen molar-refractivity contribution in [1.29, 1.82) is 0 Å². The van der Waals surface area contributed by atoms with E-state index in [0.29, 0.717) is 0 Å². The first-order chi connectivity index (χ1) is 8.38. The summed E-state index contributed by atoms with van der Waals surface area (Å²) in [5.74, 6) is 1.12. The third-order valence-electron chi connectivity index (χ3n) is 3.01. The van der Waals surface area contributed by atoms with E-state index in [1.807, 2.05) is 11.8 Å². The van der Waals surface area contributed by atoms with Crippen molar-refractivity contribution < 1.29 is 0 Å². The highest BCUT2D eigenvalue weighted by atomic mass is 32.2. The van der Waals surface area contributed by atoms with Gasteiger partial charge in [-0.05, 0) is 45.5 Å². The number of hydrogen-bond donors (Lipinski definition) is 0. The lowest BCUT2D eigenvalue weighted by atomic mass is 10.0. The highest BCUT2D eigenvalue weighted by Crippen LogP contribution is 2.30. The van der Waals surface area contributed by atoms with Gasteiger partial charge in [-0.25, -0.2) is 0 Å². The normalized spacial score (nSPS) is 11.1. The Hall–Kier alpha value is -1.47. The molecule has 0 unspecified atom stereocenters. The SMILES string of the molecule is CCSc1cccc2cc3ccccc3cc12. The molecule has 0 aromatic heterocycles. The Balaban J connectivity index is 2.35. The first kappa shape index (κ1) is 10.7. The van der Waals surface area contributed by atoms with Gasteiger partial charge in [-0.2, -0.15) is 0 Å². The van der Waals surface area contributed by atoms with Gasteiger partial charge < -0.3 is 0 Å². The summed E-state index contributed by atoms with van der Waals surface area (Å²) in [6, 6.07) is 19.7. The van der Waals surface area contributed by atoms with E-state index in [4.69, 9.17) is 0 Å². The predicted molar refractivity (Wildman–Crippen MR) is 77.9 cm³/mol. The molecule has 0 bridgehead atoms. The lowest BCUT2D eigenvalue weighted by Gasteiger charge is -2.07. The molecule has 3 rings (SSSR count). The van der Waals surface area contributed by atoms with E-state index in [0.717, 1.165) is 5.75 Å². The third-order valence-corrected chi connectivity index (χ3v) is 3.96. The van der Waals surface area contributed by atoms with Gasteiger partial charge in [-0.15, -0.1) is 11.8 Å². The van der Waals surface area contributed by atoms with E-state index in [1.54, 1.807) is 0 Å². The Morgan fingerprint density at radius 3 is 2.29 bits per heavy atom. The summed E-state index contributed by atoms with van der Waals surface area (Å²) >= 11 is 1.91. The summed E-state index contributed by atoms with van der Waals surface area (Å²) in [6.45, 7) is 2.20. The average Bonchev–Trinajstić information content (AvgIpc) is 2.37. The smallest absolute Gasteiger partial charge is 0.0151 e. The van der Waals surface area contributed by atoms with Crippen molar-refractivity contribution >= 4 is 33.3 Å². The topological polar surface area (TPSA) is 0 Å². The van der Waals surface area contributed by atoms with Gasteiger partial charge in [-0.1, -0.05) is 43.3 Å². The van der Waals surface area contributed by atoms with Crippen LogP contribution in [0.1, 0.15) is 6.92 Å². The summed E-state index contributed by atoms with van der Waals surface area (Å²) in [5.41, 5.74) is 0. The van der Waals surface area contributed by atoms with Crippen molar-refractivity contribution in [2.24, 2.45) is 0 Å². The Bertz CT molecular complexity index is 670. The summed E-state index contributed by atoms with van der Waals surface area (Å²) in [4.78, 5) is 1.38. The molecule has 0 nitrogen and oxygen atoms in total. The van der Waals surface area contributed by atoms with Crippen LogP contribution in [0.25, 0.3) is 21.5 Å². The molecule has 0 saturated carbocycles. The van der Waals surface area contributed by atoms with Crippen LogP contribution >= 0.6 is 11.8 Å². The van der Waals surface area contributed by atoms with Crippen LogP contribution in [0.4, 0.5) is 0 Å². The van der Waals surface area contributed by atoms with Crippen LogP contribution in [-0.2, 0) is 0 Å². The van der Waals surface area contributed by atoms with Gasteiger partial charge in [0, 0.05) is 4.90 Å². The van der Waals surface area contributed by atoms with Crippen molar-refractivity contribution in [3.05, 3.63) is 54.6 Å². The van der Waals surface area contributed by atoms with Gasteiger partial charge in [0.05, 0.1) is 0 Å². The molecule has 0 fully saturated rings. The van der Waals surface area contributed by atoms with E-state index in [2.05, 4.69) is 61.5 Å². The molecule has 0 aliphatic rings. The molecule has 0 heterocycles. The fraction of sp³-hybridized carbons (Fsp3) is 0.125. The molecule has 3 aromatic rings. The van der Waals surface area contributed by atoms with Crippen LogP contribution in [0.2, 0.25) is 0 Å². The zero-order valence-electron chi connectivity index (χ0n) is 9.81. The minimum atomic E-state index is 1.12. The molecule has 0 atom stereocenters. The van der Waals surface area contributed by atoms with Gasteiger partial charge in [-0.3, -0.25) is 0 Å². The third kappa shape index (κ3) is 1.91. The van der Waals surface area contributed by atoms with E-state index < -0.39 is 0 Å². The van der Waals surface area contributed by atoms with Crippen molar-refractivity contribution in [1.82, 2.24) is 0 Å². The molecule has 0 radical (unpaired) electrons. The zero-order chi connectivity index (χ0) is 11.7. The van der Waals surface area contributed by atoms with Gasteiger partial charge >= 0.3 is 0 Å². The minimum Gasteiger partial charge on any atom is -0.126 e. The highest BCUT2D eigenvalue weighted by Gasteiger charge is 2.02. The van der Waals surface area contributed by atoms with E-state index in [9.17, 15) is 0 Å². The van der Waals surface area contributed by atoms with Gasteiger partial charge in [0.25, 0.3) is 0 Å². The number of thioether (sulfide) groups is 1. The second-order valence-electron chi connectivity index (χ2n) is 4.11. The molecule has 0 spiro atoms. The van der Waals surface area contributed by atoms with Crippen LogP contribution in [-0.4, -0.2) is 5.75 Å². The zero-order valence-corrected chi connectivity index (χ0v) is 10.6. The Morgan fingerprint density at radius 1 is 0.824 bits per heavy atom. The molecule has 0 aliphatic heterocycles. The van der Waals surface area contributed by atoms with E-state index in [1.165, 1.54) is 26.4 Å². The van der Waals surface area contributed by atoms with Crippen LogP contribution in [0, 0.1) is 0 Å². The van der Waals surface area contributed by atoms with E-state index in [-0.39, 0.29) is 0 Å². The molecule has 1 heteroatoms. The molecular formula is C16H14S.